The lowest BCUT2D eigenvalue weighted by Crippen LogP contribution is -2.27. The highest BCUT2D eigenvalue weighted by atomic mass is 79.9. The first-order valence-electron chi connectivity index (χ1n) is 18.4. The summed E-state index contributed by atoms with van der Waals surface area (Å²) in [4.78, 5) is 15.1. The fourth-order valence-corrected chi connectivity index (χ4v) is 7.92. The summed E-state index contributed by atoms with van der Waals surface area (Å²) >= 11 is 8.14. The van der Waals surface area contributed by atoms with Gasteiger partial charge >= 0.3 is 7.12 Å². The number of nitrogens with one attached hydrogen (secondary N) is 2. The average molecular weight is 920 g/mol. The van der Waals surface area contributed by atoms with Crippen LogP contribution in [-0.4, -0.2) is 37.3 Å². The fraction of sp³-hybridized carbons (Fsp3) is 0.0652. The lowest BCUT2D eigenvalue weighted by atomic mass is 9.83. The number of nitrogen functional groups attached to an aromatic ring is 2. The Morgan fingerprint density at radius 1 is 0.667 bits per heavy atom. The highest BCUT2D eigenvalue weighted by Crippen LogP contribution is 2.30. The van der Waals surface area contributed by atoms with Crippen molar-refractivity contribution in [3.63, 3.8) is 0 Å². The summed E-state index contributed by atoms with van der Waals surface area (Å²) in [5.74, 6) is 1.23. The number of anilines is 4. The highest BCUT2D eigenvalue weighted by Gasteiger charge is 2.10. The number of hydrogen-bond donors (Lipinski definition) is 6. The molecule has 8 N–H and O–H groups in total. The number of carbonyl (C=O) groups is 1. The first kappa shape index (κ1) is 45.2. The zero-order valence-corrected chi connectivity index (χ0v) is 36.9. The minimum atomic E-state index is -1.30. The Morgan fingerprint density at radius 3 is 1.82 bits per heavy atom. The average Bonchev–Trinajstić information content (AvgIpc) is 4.10. The Hall–Kier alpha value is -5.87. The second-order valence-electron chi connectivity index (χ2n) is 12.7. The largest absolute Gasteiger partial charge is 0.493 e. The van der Waals surface area contributed by atoms with Crippen molar-refractivity contribution < 1.29 is 24.3 Å². The van der Waals surface area contributed by atoms with Crippen molar-refractivity contribution in [1.29, 1.82) is 0 Å². The van der Waals surface area contributed by atoms with Gasteiger partial charge < -0.3 is 41.6 Å². The van der Waals surface area contributed by atoms with Crippen LogP contribution in [0.3, 0.4) is 0 Å². The van der Waals surface area contributed by atoms with E-state index in [0.717, 1.165) is 38.3 Å². The summed E-state index contributed by atoms with van der Waals surface area (Å²) < 4.78 is 11.6. The predicted octanol–water partition coefficient (Wildman–Crippen LogP) is 10.8. The van der Waals surface area contributed by atoms with Gasteiger partial charge in [-0.3, -0.25) is 4.79 Å². The highest BCUT2D eigenvalue weighted by molar-refractivity contribution is 9.10. The Morgan fingerprint density at radius 2 is 1.30 bits per heavy atom. The standard InChI is InChI=1S/C26H24N2O3S.C10H9NS.C6H6BrN.C4H5BO2S/c1-30-23-13-12-21(16-24(23)31-2)27-17-18-8-10-19(11-9-18)26(29)28-22-6-3-5-20(15-22)25-7-4-14-32-25;11-9-4-1-3-8(7-9)10-5-2-6-12-10;7-5-2-1-3-6(8)4-5;6-5(7)4-1-2-8-3-4/h3-16,27H,17H2,1-2H3,(H,28,29);1-7H,11H2;1-4H,8H2;1-3,6-7H. The van der Waals surface area contributed by atoms with E-state index in [0.29, 0.717) is 29.1 Å². The molecule has 9 nitrogen and oxygen atoms in total. The first-order valence-corrected chi connectivity index (χ1v) is 21.9. The number of rotatable bonds is 10. The summed E-state index contributed by atoms with van der Waals surface area (Å²) in [5.41, 5.74) is 18.9. The van der Waals surface area contributed by atoms with Crippen LogP contribution in [0.4, 0.5) is 22.7 Å². The van der Waals surface area contributed by atoms with E-state index in [9.17, 15) is 4.79 Å². The zero-order valence-electron chi connectivity index (χ0n) is 32.8. The van der Waals surface area contributed by atoms with Crippen molar-refractivity contribution in [2.45, 2.75) is 6.54 Å². The van der Waals surface area contributed by atoms with E-state index >= 15 is 0 Å². The quantitative estimate of drug-likeness (QED) is 0.0586. The van der Waals surface area contributed by atoms with Crippen molar-refractivity contribution in [1.82, 2.24) is 0 Å². The van der Waals surface area contributed by atoms with Crippen molar-refractivity contribution >= 4 is 91.2 Å². The SMILES string of the molecule is COc1ccc(NCc2ccc(C(=O)Nc3cccc(-c4cccs4)c3)cc2)cc1OC.Nc1cccc(-c2cccs2)c1.Nc1cccc(Br)c1.OB(O)c1ccsc1. The van der Waals surface area contributed by atoms with Gasteiger partial charge in [0.2, 0.25) is 0 Å². The van der Waals surface area contributed by atoms with Crippen molar-refractivity contribution in [3.05, 3.63) is 183 Å². The molecule has 0 atom stereocenters. The third-order valence-electron chi connectivity index (χ3n) is 8.40. The van der Waals surface area contributed by atoms with Crippen LogP contribution in [0.25, 0.3) is 20.9 Å². The Balaban J connectivity index is 0.000000195. The number of nitrogens with two attached hydrogens (primary N) is 2. The third kappa shape index (κ3) is 14.4. The van der Waals surface area contributed by atoms with Crippen LogP contribution >= 0.6 is 49.9 Å². The van der Waals surface area contributed by atoms with Gasteiger partial charge in [-0.2, -0.15) is 11.3 Å². The molecule has 3 heterocycles. The van der Waals surface area contributed by atoms with Gasteiger partial charge in [0, 0.05) is 55.2 Å². The Bertz CT molecular complexity index is 2470. The summed E-state index contributed by atoms with van der Waals surface area (Å²) in [5, 5.41) is 30.9. The topological polar surface area (TPSA) is 152 Å². The molecular formula is C46H44BBrN4O5S3. The van der Waals surface area contributed by atoms with Gasteiger partial charge in [-0.15, -0.1) is 22.7 Å². The summed E-state index contributed by atoms with van der Waals surface area (Å²) in [6.07, 6.45) is 0. The molecule has 14 heteroatoms. The predicted molar refractivity (Wildman–Crippen MR) is 258 cm³/mol. The molecule has 0 aliphatic carbocycles. The maximum Gasteiger partial charge on any atom is 0.489 e. The molecule has 8 rings (SSSR count). The van der Waals surface area contributed by atoms with Crippen LogP contribution in [-0.2, 0) is 6.54 Å². The molecule has 60 heavy (non-hydrogen) atoms. The minimum Gasteiger partial charge on any atom is -0.493 e. The van der Waals surface area contributed by atoms with Gasteiger partial charge in [0.25, 0.3) is 5.91 Å². The van der Waals surface area contributed by atoms with Crippen LogP contribution in [0.1, 0.15) is 15.9 Å². The molecule has 0 spiro atoms. The molecule has 0 aliphatic rings. The number of amides is 1. The lowest BCUT2D eigenvalue weighted by Gasteiger charge is -2.12. The molecule has 0 aliphatic heterocycles. The molecular weight excluding hydrogens is 875 g/mol. The monoisotopic (exact) mass is 918 g/mol. The van der Waals surface area contributed by atoms with Crippen molar-refractivity contribution in [2.24, 2.45) is 0 Å². The van der Waals surface area contributed by atoms with Gasteiger partial charge in [-0.05, 0) is 123 Å². The number of ether oxygens (including phenoxy) is 2. The number of benzene rings is 5. The molecule has 0 saturated heterocycles. The smallest absolute Gasteiger partial charge is 0.489 e. The molecule has 0 radical (unpaired) electrons. The Kier molecular flexibility index (Phi) is 17.8. The van der Waals surface area contributed by atoms with Crippen LogP contribution in [0.2, 0.25) is 0 Å². The normalized spacial score (nSPS) is 10.0. The van der Waals surface area contributed by atoms with E-state index in [1.807, 2.05) is 127 Å². The van der Waals surface area contributed by atoms with E-state index in [1.54, 1.807) is 53.7 Å². The van der Waals surface area contributed by atoms with E-state index < -0.39 is 7.12 Å². The molecule has 0 unspecified atom stereocenters. The van der Waals surface area contributed by atoms with E-state index in [1.165, 1.54) is 26.7 Å². The molecule has 1 amide bonds. The zero-order chi connectivity index (χ0) is 42.7. The van der Waals surface area contributed by atoms with Crippen LogP contribution < -0.4 is 37.0 Å². The number of hydrogen-bond acceptors (Lipinski definition) is 11. The molecule has 8 aromatic rings. The number of halogens is 1. The van der Waals surface area contributed by atoms with Gasteiger partial charge in [0.15, 0.2) is 11.5 Å². The van der Waals surface area contributed by atoms with E-state index in [4.69, 9.17) is 31.0 Å². The van der Waals surface area contributed by atoms with Gasteiger partial charge in [-0.1, -0.05) is 76.6 Å². The summed E-state index contributed by atoms with van der Waals surface area (Å²) in [6.45, 7) is 0.625. The summed E-state index contributed by atoms with van der Waals surface area (Å²) in [6, 6.07) is 46.6. The van der Waals surface area contributed by atoms with Gasteiger partial charge in [0.05, 0.1) is 14.2 Å². The van der Waals surface area contributed by atoms with Crippen LogP contribution in [0, 0.1) is 0 Å². The van der Waals surface area contributed by atoms with Crippen molar-refractivity contribution in [3.8, 4) is 32.4 Å². The minimum absolute atomic E-state index is 0.132. The molecule has 5 aromatic carbocycles. The van der Waals surface area contributed by atoms with Crippen molar-refractivity contribution in [2.75, 3.05) is 36.3 Å². The third-order valence-corrected chi connectivity index (χ3v) is 11.4. The van der Waals surface area contributed by atoms with Crippen LogP contribution in [0.15, 0.2) is 172 Å². The van der Waals surface area contributed by atoms with Crippen LogP contribution in [0.5, 0.6) is 11.5 Å². The van der Waals surface area contributed by atoms with Gasteiger partial charge in [0.1, 0.15) is 0 Å². The Labute approximate surface area is 371 Å². The molecule has 0 fully saturated rings. The maximum atomic E-state index is 12.7. The second kappa shape index (κ2) is 23.7. The molecule has 306 valence electrons. The molecule has 0 bridgehead atoms. The van der Waals surface area contributed by atoms with E-state index in [-0.39, 0.29) is 5.91 Å². The van der Waals surface area contributed by atoms with E-state index in [2.05, 4.69) is 50.1 Å². The molecule has 0 saturated carbocycles. The number of carbonyl (C=O) groups excluding carboxylic acids is 1. The summed E-state index contributed by atoms with van der Waals surface area (Å²) in [7, 11) is 1.92. The molecule has 3 aromatic heterocycles. The number of methoxy groups -OCH3 is 2. The fourth-order valence-electron chi connectivity index (χ4n) is 5.38. The van der Waals surface area contributed by atoms with Gasteiger partial charge in [-0.25, -0.2) is 0 Å². The second-order valence-corrected chi connectivity index (χ2v) is 16.3. The first-order chi connectivity index (χ1) is 29.1. The number of thiophene rings is 3. The lowest BCUT2D eigenvalue weighted by molar-refractivity contribution is 0.102. The maximum absolute atomic E-state index is 12.7.